The van der Waals surface area contributed by atoms with Gasteiger partial charge in [-0.25, -0.2) is 8.42 Å². The summed E-state index contributed by atoms with van der Waals surface area (Å²) >= 11 is 0. The molecule has 1 aromatic heterocycles. The maximum atomic E-state index is 13.3. The molecule has 1 fully saturated rings. The number of sulfonamides is 1. The van der Waals surface area contributed by atoms with Crippen molar-refractivity contribution in [3.05, 3.63) is 29.6 Å². The Morgan fingerprint density at radius 2 is 1.70 bits per heavy atom. The van der Waals surface area contributed by atoms with E-state index in [1.54, 1.807) is 0 Å². The van der Waals surface area contributed by atoms with Gasteiger partial charge in [-0.1, -0.05) is 6.92 Å². The molecule has 9 nitrogen and oxygen atoms in total. The number of hydrogen-bond donors (Lipinski definition) is 0. The zero-order valence-corrected chi connectivity index (χ0v) is 19.4. The van der Waals surface area contributed by atoms with E-state index in [1.165, 1.54) is 50.6 Å². The molecule has 1 atom stereocenters. The lowest BCUT2D eigenvalue weighted by atomic mass is 10.0. The monoisotopic (exact) mass is 457 g/mol. The molecule has 0 aliphatic carbocycles. The summed E-state index contributed by atoms with van der Waals surface area (Å²) in [6, 6.07) is 4.17. The largest absolute Gasteiger partial charge is 0.493 e. The fourth-order valence-corrected chi connectivity index (χ4v) is 7.17. The number of hydrogen-bond acceptors (Lipinski definition) is 7. The number of methoxy groups -OCH3 is 2. The SMILES string of the molecule is COc1ccc(S(=O)(=O)n2nc(C)c(S(=O)(=O)N3CCCC(C)C3)c2C)cc1OC. The van der Waals surface area contributed by atoms with Gasteiger partial charge >= 0.3 is 0 Å². The van der Waals surface area contributed by atoms with Gasteiger partial charge in [0.15, 0.2) is 11.5 Å². The van der Waals surface area contributed by atoms with E-state index >= 15 is 0 Å². The van der Waals surface area contributed by atoms with Crippen LogP contribution < -0.4 is 9.47 Å². The van der Waals surface area contributed by atoms with Crippen molar-refractivity contribution in [1.82, 2.24) is 13.5 Å². The molecule has 0 saturated carbocycles. The third kappa shape index (κ3) is 3.81. The lowest BCUT2D eigenvalue weighted by Crippen LogP contribution is -2.39. The molecular weight excluding hydrogens is 430 g/mol. The summed E-state index contributed by atoms with van der Waals surface area (Å²) in [5.41, 5.74) is 0.204. The molecule has 30 heavy (non-hydrogen) atoms. The predicted octanol–water partition coefficient (Wildman–Crippen LogP) is 2.17. The Kier molecular flexibility index (Phi) is 6.17. The van der Waals surface area contributed by atoms with Gasteiger partial charge in [-0.3, -0.25) is 0 Å². The number of aromatic nitrogens is 2. The molecule has 1 aliphatic rings. The van der Waals surface area contributed by atoms with Gasteiger partial charge in [-0.15, -0.1) is 0 Å². The highest BCUT2D eigenvalue weighted by Gasteiger charge is 2.35. The Morgan fingerprint density at radius 1 is 1.03 bits per heavy atom. The smallest absolute Gasteiger partial charge is 0.283 e. The van der Waals surface area contributed by atoms with E-state index < -0.39 is 20.0 Å². The minimum Gasteiger partial charge on any atom is -0.493 e. The molecule has 0 N–H and O–H groups in total. The summed E-state index contributed by atoms with van der Waals surface area (Å²) in [4.78, 5) is -0.137. The maximum absolute atomic E-state index is 13.3. The minimum atomic E-state index is -4.14. The van der Waals surface area contributed by atoms with Crippen LogP contribution in [0.3, 0.4) is 0 Å². The van der Waals surface area contributed by atoms with Crippen molar-refractivity contribution in [1.29, 1.82) is 0 Å². The molecule has 2 heterocycles. The molecule has 1 unspecified atom stereocenters. The lowest BCUT2D eigenvalue weighted by molar-refractivity contribution is 0.281. The van der Waals surface area contributed by atoms with Gasteiger partial charge in [0.2, 0.25) is 10.0 Å². The first-order chi connectivity index (χ1) is 14.0. The fraction of sp³-hybridized carbons (Fsp3) is 0.526. The normalized spacial score (nSPS) is 18.4. The Labute approximate surface area is 177 Å². The second-order valence-corrected chi connectivity index (χ2v) is 11.1. The van der Waals surface area contributed by atoms with Crippen molar-refractivity contribution in [2.45, 2.75) is 43.4 Å². The summed E-state index contributed by atoms with van der Waals surface area (Å²) in [6.07, 6.45) is 1.74. The summed E-state index contributed by atoms with van der Waals surface area (Å²) in [6.45, 7) is 5.80. The second kappa shape index (κ2) is 8.20. The van der Waals surface area contributed by atoms with Crippen molar-refractivity contribution in [3.8, 4) is 11.5 Å². The van der Waals surface area contributed by atoms with E-state index in [9.17, 15) is 16.8 Å². The van der Waals surface area contributed by atoms with Gasteiger partial charge < -0.3 is 9.47 Å². The molecule has 166 valence electrons. The fourth-order valence-electron chi connectivity index (χ4n) is 3.78. The highest BCUT2D eigenvalue weighted by molar-refractivity contribution is 7.90. The van der Waals surface area contributed by atoms with Gasteiger partial charge in [0.1, 0.15) is 4.90 Å². The van der Waals surface area contributed by atoms with Crippen molar-refractivity contribution in [2.75, 3.05) is 27.3 Å². The van der Waals surface area contributed by atoms with E-state index in [2.05, 4.69) is 5.10 Å². The zero-order chi connectivity index (χ0) is 22.3. The summed E-state index contributed by atoms with van der Waals surface area (Å²) < 4.78 is 65.6. The Bertz CT molecular complexity index is 1160. The Hall–Kier alpha value is -2.11. The number of aryl methyl sites for hydroxylation is 1. The van der Waals surface area contributed by atoms with Crippen molar-refractivity contribution in [3.63, 3.8) is 0 Å². The van der Waals surface area contributed by atoms with E-state index in [-0.39, 0.29) is 32.8 Å². The standard InChI is InChI=1S/C19H27N3O6S2/c1-13-7-6-10-21(12-13)30(25,26)19-14(2)20-22(15(19)3)29(23,24)16-8-9-17(27-4)18(11-16)28-5/h8-9,11,13H,6-7,10,12H2,1-5H3. The Balaban J connectivity index is 2.09. The van der Waals surface area contributed by atoms with Gasteiger partial charge in [0.05, 0.1) is 30.5 Å². The zero-order valence-electron chi connectivity index (χ0n) is 17.7. The van der Waals surface area contributed by atoms with Gasteiger partial charge in [0.25, 0.3) is 10.0 Å². The van der Waals surface area contributed by atoms with Gasteiger partial charge in [-0.2, -0.15) is 21.9 Å². The van der Waals surface area contributed by atoms with Crippen LogP contribution in [0.25, 0.3) is 0 Å². The van der Waals surface area contributed by atoms with Crippen LogP contribution in [0.5, 0.6) is 11.5 Å². The van der Waals surface area contributed by atoms with Crippen LogP contribution in [0, 0.1) is 19.8 Å². The molecular formula is C19H27N3O6S2. The minimum absolute atomic E-state index is 0.0550. The molecule has 0 spiro atoms. The molecule has 0 amide bonds. The second-order valence-electron chi connectivity index (χ2n) is 7.48. The molecule has 1 saturated heterocycles. The quantitative estimate of drug-likeness (QED) is 0.654. The molecule has 1 aromatic carbocycles. The van der Waals surface area contributed by atoms with Gasteiger partial charge in [-0.05, 0) is 44.7 Å². The van der Waals surface area contributed by atoms with Crippen LogP contribution in [0.15, 0.2) is 28.0 Å². The van der Waals surface area contributed by atoms with Crippen LogP contribution in [-0.4, -0.2) is 57.6 Å². The topological polar surface area (TPSA) is 108 Å². The van der Waals surface area contributed by atoms with Crippen LogP contribution in [0.1, 0.15) is 31.2 Å². The van der Waals surface area contributed by atoms with Crippen molar-refractivity contribution in [2.24, 2.45) is 5.92 Å². The summed E-state index contributed by atoms with van der Waals surface area (Å²) in [5, 5.41) is 4.09. The molecule has 11 heteroatoms. The number of rotatable bonds is 6. The molecule has 0 radical (unpaired) electrons. The first-order valence-corrected chi connectivity index (χ1v) is 12.5. The molecule has 0 bridgehead atoms. The predicted molar refractivity (Wildman–Crippen MR) is 111 cm³/mol. The maximum Gasteiger partial charge on any atom is 0.283 e. The van der Waals surface area contributed by atoms with E-state index in [0.717, 1.165) is 16.9 Å². The number of ether oxygens (including phenoxy) is 2. The molecule has 2 aromatic rings. The highest BCUT2D eigenvalue weighted by Crippen LogP contribution is 2.32. The summed E-state index contributed by atoms with van der Waals surface area (Å²) in [7, 11) is -5.15. The molecule has 1 aliphatic heterocycles. The van der Waals surface area contributed by atoms with Crippen molar-refractivity contribution >= 4 is 20.0 Å². The average Bonchev–Trinajstić information content (AvgIpc) is 3.02. The van der Waals surface area contributed by atoms with Crippen LogP contribution in [0.2, 0.25) is 0 Å². The van der Waals surface area contributed by atoms with Crippen molar-refractivity contribution < 1.29 is 26.3 Å². The Morgan fingerprint density at radius 3 is 2.30 bits per heavy atom. The third-order valence-electron chi connectivity index (χ3n) is 5.28. The summed E-state index contributed by atoms with van der Waals surface area (Å²) in [5.74, 6) is 0.877. The number of piperidine rings is 1. The van der Waals surface area contributed by atoms with Gasteiger partial charge in [0, 0.05) is 19.2 Å². The number of benzene rings is 1. The average molecular weight is 458 g/mol. The third-order valence-corrected chi connectivity index (χ3v) is 9.06. The first kappa shape index (κ1) is 22.6. The van der Waals surface area contributed by atoms with Crippen LogP contribution >= 0.6 is 0 Å². The van der Waals surface area contributed by atoms with Crippen LogP contribution in [-0.2, 0) is 20.0 Å². The first-order valence-electron chi connectivity index (χ1n) is 9.58. The lowest BCUT2D eigenvalue weighted by Gasteiger charge is -2.30. The van der Waals surface area contributed by atoms with E-state index in [0.29, 0.717) is 18.8 Å². The highest BCUT2D eigenvalue weighted by atomic mass is 32.2. The van der Waals surface area contributed by atoms with Crippen LogP contribution in [0.4, 0.5) is 0 Å². The molecule has 3 rings (SSSR count). The van der Waals surface area contributed by atoms with E-state index in [1.807, 2.05) is 6.92 Å². The number of nitrogens with zero attached hydrogens (tertiary/aromatic N) is 3. The van der Waals surface area contributed by atoms with E-state index in [4.69, 9.17) is 9.47 Å².